The van der Waals surface area contributed by atoms with Crippen LogP contribution >= 0.6 is 0 Å². The average Bonchev–Trinajstić information content (AvgIpc) is 2.98. The minimum Gasteiger partial charge on any atom is -0.726 e. The van der Waals surface area contributed by atoms with Crippen LogP contribution in [0.4, 0.5) is 0 Å². The molecule has 0 saturated carbocycles. The summed E-state index contributed by atoms with van der Waals surface area (Å²) >= 11 is 0. The van der Waals surface area contributed by atoms with Crippen molar-refractivity contribution in [3.63, 3.8) is 0 Å². The molecule has 0 radical (unpaired) electrons. The van der Waals surface area contributed by atoms with Crippen LogP contribution in [0, 0.1) is 0 Å². The lowest BCUT2D eigenvalue weighted by atomic mass is 10.0. The molecule has 0 aromatic carbocycles. The van der Waals surface area contributed by atoms with Gasteiger partial charge in [-0.1, -0.05) is 206 Å². The van der Waals surface area contributed by atoms with Gasteiger partial charge in [0.25, 0.3) is 0 Å². The van der Waals surface area contributed by atoms with E-state index in [0.29, 0.717) is 6.42 Å². The van der Waals surface area contributed by atoms with Gasteiger partial charge in [-0.2, -0.15) is 0 Å². The second-order valence-electron chi connectivity index (χ2n) is 13.6. The molecule has 1 atom stereocenters. The van der Waals surface area contributed by atoms with Crippen molar-refractivity contribution in [3.05, 3.63) is 0 Å². The van der Waals surface area contributed by atoms with Crippen molar-refractivity contribution in [3.8, 4) is 0 Å². The number of unbranched alkanes of at least 4 members (excludes halogenated alkanes) is 30. The van der Waals surface area contributed by atoms with E-state index in [1.54, 1.807) is 6.92 Å². The molecular weight excluding hydrogens is 566 g/mol. The first kappa shape index (κ1) is 46.0. The summed E-state index contributed by atoms with van der Waals surface area (Å²) in [6.07, 6.45) is 44.4. The van der Waals surface area contributed by atoms with Crippen molar-refractivity contribution in [2.45, 2.75) is 239 Å². The largest absolute Gasteiger partial charge is 0.726 e. The van der Waals surface area contributed by atoms with Gasteiger partial charge in [0.2, 0.25) is 10.4 Å². The maximum absolute atomic E-state index is 10.4. The van der Waals surface area contributed by atoms with Crippen LogP contribution < -0.4 is 5.73 Å². The molecule has 0 aliphatic rings. The SMILES string of the molecule is CCCCCCCCCCCCCCCCCCC(C)OS(=O)(=O)[O-].CCCCCCCCCCCCCCCCCC[NH3+]. The summed E-state index contributed by atoms with van der Waals surface area (Å²) < 4.78 is 35.7. The molecule has 0 aromatic rings. The predicted molar refractivity (Wildman–Crippen MR) is 192 cm³/mol. The molecule has 0 saturated heterocycles. The molecule has 0 aliphatic carbocycles. The van der Waals surface area contributed by atoms with Gasteiger partial charge in [0, 0.05) is 0 Å². The van der Waals surface area contributed by atoms with Gasteiger partial charge in [-0.15, -0.1) is 0 Å². The third kappa shape index (κ3) is 46.3. The highest BCUT2D eigenvalue weighted by Gasteiger charge is 2.06. The maximum atomic E-state index is 10.4. The lowest BCUT2D eigenvalue weighted by Gasteiger charge is -2.14. The van der Waals surface area contributed by atoms with E-state index in [1.807, 2.05) is 0 Å². The Balaban J connectivity index is 0. The number of hydrogen-bond donors (Lipinski definition) is 1. The Labute approximate surface area is 278 Å². The van der Waals surface area contributed by atoms with Gasteiger partial charge >= 0.3 is 0 Å². The molecule has 0 amide bonds. The van der Waals surface area contributed by atoms with Gasteiger partial charge in [0.1, 0.15) is 0 Å². The van der Waals surface area contributed by atoms with Crippen LogP contribution in [0.3, 0.4) is 0 Å². The molecule has 6 heteroatoms. The summed E-state index contributed by atoms with van der Waals surface area (Å²) in [5.41, 5.74) is 3.89. The molecule has 0 aliphatic heterocycles. The van der Waals surface area contributed by atoms with Crippen LogP contribution in [-0.4, -0.2) is 25.6 Å². The number of rotatable bonds is 35. The number of hydrogen-bond acceptors (Lipinski definition) is 4. The van der Waals surface area contributed by atoms with Crippen molar-refractivity contribution < 1.29 is 22.9 Å². The van der Waals surface area contributed by atoms with Crippen molar-refractivity contribution in [1.82, 2.24) is 0 Å². The van der Waals surface area contributed by atoms with Crippen LogP contribution in [0.15, 0.2) is 0 Å². The second-order valence-corrected chi connectivity index (χ2v) is 14.6. The number of quaternary nitrogens is 1. The molecule has 0 bridgehead atoms. The lowest BCUT2D eigenvalue weighted by Crippen LogP contribution is -2.50. The Kier molecular flexibility index (Phi) is 40.7. The van der Waals surface area contributed by atoms with Crippen LogP contribution in [0.25, 0.3) is 0 Å². The van der Waals surface area contributed by atoms with Crippen molar-refractivity contribution in [2.75, 3.05) is 6.54 Å². The third-order valence-corrected chi connectivity index (χ3v) is 9.41. The standard InChI is InChI=1S/C20H42O4S.C18H39N/c1-3-4-5-6-7-8-9-10-11-12-13-14-15-16-17-18-19-20(2)24-25(21,22)23;1-2-3-4-5-6-7-8-9-10-11-12-13-14-15-16-17-18-19/h20H,3-19H2,1-2H3,(H,21,22,23);2-19H2,1H3. The van der Waals surface area contributed by atoms with Crippen molar-refractivity contribution >= 4 is 10.4 Å². The zero-order chi connectivity index (χ0) is 32.8. The van der Waals surface area contributed by atoms with Crippen molar-refractivity contribution in [2.24, 2.45) is 0 Å². The van der Waals surface area contributed by atoms with Gasteiger partial charge in [-0.05, 0) is 26.2 Å². The Hall–Kier alpha value is -0.170. The topological polar surface area (TPSA) is 94.1 Å². The van der Waals surface area contributed by atoms with Gasteiger partial charge < -0.3 is 10.3 Å². The highest BCUT2D eigenvalue weighted by Crippen LogP contribution is 2.16. The molecule has 268 valence electrons. The molecule has 1 unspecified atom stereocenters. The zero-order valence-corrected chi connectivity index (χ0v) is 31.2. The van der Waals surface area contributed by atoms with Gasteiger partial charge in [-0.3, -0.25) is 4.18 Å². The first-order chi connectivity index (χ1) is 21.4. The van der Waals surface area contributed by atoms with Crippen LogP contribution in [0.5, 0.6) is 0 Å². The van der Waals surface area contributed by atoms with E-state index >= 15 is 0 Å². The minimum atomic E-state index is -4.55. The highest BCUT2D eigenvalue weighted by atomic mass is 32.3. The molecular formula is C38H81NO4S. The van der Waals surface area contributed by atoms with Crippen LogP contribution in [0.1, 0.15) is 233 Å². The zero-order valence-electron chi connectivity index (χ0n) is 30.4. The molecule has 0 spiro atoms. The summed E-state index contributed by atoms with van der Waals surface area (Å²) in [6.45, 7) is 7.32. The molecule has 3 N–H and O–H groups in total. The van der Waals surface area contributed by atoms with E-state index in [4.69, 9.17) is 0 Å². The van der Waals surface area contributed by atoms with E-state index in [-0.39, 0.29) is 0 Å². The maximum Gasteiger partial charge on any atom is 0.217 e. The Bertz CT molecular complexity index is 598. The summed E-state index contributed by atoms with van der Waals surface area (Å²) in [5, 5.41) is 0. The Morgan fingerprint density at radius 2 is 0.682 bits per heavy atom. The summed E-state index contributed by atoms with van der Waals surface area (Å²) in [5.74, 6) is 0. The predicted octanol–water partition coefficient (Wildman–Crippen LogP) is 12.0. The average molecular weight is 648 g/mol. The lowest BCUT2D eigenvalue weighted by molar-refractivity contribution is -0.368. The molecule has 5 nitrogen and oxygen atoms in total. The monoisotopic (exact) mass is 648 g/mol. The molecule has 0 rings (SSSR count). The Morgan fingerprint density at radius 1 is 0.455 bits per heavy atom. The molecule has 0 aromatic heterocycles. The van der Waals surface area contributed by atoms with E-state index in [0.717, 1.165) is 19.4 Å². The van der Waals surface area contributed by atoms with E-state index in [1.165, 1.54) is 193 Å². The summed E-state index contributed by atoms with van der Waals surface area (Å²) in [7, 11) is -4.55. The minimum absolute atomic E-state index is 0.492. The summed E-state index contributed by atoms with van der Waals surface area (Å²) in [4.78, 5) is 0. The third-order valence-electron chi connectivity index (χ3n) is 8.85. The van der Waals surface area contributed by atoms with E-state index < -0.39 is 16.5 Å². The molecule has 0 fully saturated rings. The summed E-state index contributed by atoms with van der Waals surface area (Å²) in [6, 6.07) is 0. The van der Waals surface area contributed by atoms with Crippen LogP contribution in [-0.2, 0) is 14.6 Å². The van der Waals surface area contributed by atoms with E-state index in [9.17, 15) is 13.0 Å². The Morgan fingerprint density at radius 3 is 0.909 bits per heavy atom. The fraction of sp³-hybridized carbons (Fsp3) is 1.00. The van der Waals surface area contributed by atoms with E-state index in [2.05, 4.69) is 23.8 Å². The molecule has 0 heterocycles. The quantitative estimate of drug-likeness (QED) is 0.0420. The highest BCUT2D eigenvalue weighted by molar-refractivity contribution is 7.80. The molecule has 44 heavy (non-hydrogen) atoms. The van der Waals surface area contributed by atoms with Gasteiger partial charge in [-0.25, -0.2) is 8.42 Å². The van der Waals surface area contributed by atoms with Crippen molar-refractivity contribution in [1.29, 1.82) is 0 Å². The smallest absolute Gasteiger partial charge is 0.217 e. The van der Waals surface area contributed by atoms with Crippen LogP contribution in [0.2, 0.25) is 0 Å². The second kappa shape index (κ2) is 39.0. The first-order valence-electron chi connectivity index (χ1n) is 19.8. The van der Waals surface area contributed by atoms with Gasteiger partial charge in [0.05, 0.1) is 12.6 Å². The van der Waals surface area contributed by atoms with Gasteiger partial charge in [0.15, 0.2) is 0 Å². The normalized spacial score (nSPS) is 12.3. The fourth-order valence-corrected chi connectivity index (χ4v) is 6.45. The fourth-order valence-electron chi connectivity index (χ4n) is 5.95. The first-order valence-corrected chi connectivity index (χ1v) is 21.1.